The summed E-state index contributed by atoms with van der Waals surface area (Å²) in [6, 6.07) is 13.1. The number of nitrogens with two attached hydrogens (primary N) is 1. The van der Waals surface area contributed by atoms with Gasteiger partial charge in [0.25, 0.3) is 11.8 Å². The second-order valence-electron chi connectivity index (χ2n) is 7.15. The normalized spacial score (nSPS) is 10.6. The molecule has 2 aromatic carbocycles. The van der Waals surface area contributed by atoms with Crippen LogP contribution < -0.4 is 15.8 Å². The monoisotopic (exact) mass is 477 g/mol. The Morgan fingerprint density at radius 2 is 1.88 bits per heavy atom. The van der Waals surface area contributed by atoms with E-state index in [1.807, 2.05) is 5.38 Å². The molecule has 0 bridgehead atoms. The van der Waals surface area contributed by atoms with Gasteiger partial charge in [-0.25, -0.2) is 4.79 Å². The van der Waals surface area contributed by atoms with Crippen LogP contribution >= 0.6 is 11.3 Å². The second-order valence-corrected chi connectivity index (χ2v) is 8.03. The number of ether oxygens (including phenoxy) is 2. The number of thiophene rings is 1. The first-order valence-electron chi connectivity index (χ1n) is 10.0. The first kappa shape index (κ1) is 22.7. The van der Waals surface area contributed by atoms with Crippen LogP contribution in [-0.4, -0.2) is 34.5 Å². The van der Waals surface area contributed by atoms with E-state index in [9.17, 15) is 19.5 Å². The van der Waals surface area contributed by atoms with E-state index in [0.717, 1.165) is 10.9 Å². The summed E-state index contributed by atoms with van der Waals surface area (Å²) >= 11 is 1.33. The summed E-state index contributed by atoms with van der Waals surface area (Å²) < 4.78 is 11.4. The summed E-state index contributed by atoms with van der Waals surface area (Å²) in [5.74, 6) is -1.46. The number of para-hydroxylation sites is 1. The fourth-order valence-electron chi connectivity index (χ4n) is 3.16. The van der Waals surface area contributed by atoms with Crippen molar-refractivity contribution >= 4 is 44.9 Å². The molecule has 2 amide bonds. The number of carbonyl (C=O) groups is 3. The van der Waals surface area contributed by atoms with Crippen LogP contribution in [0.2, 0.25) is 0 Å². The predicted molar refractivity (Wildman–Crippen MR) is 126 cm³/mol. The molecule has 0 aliphatic rings. The number of pyridine rings is 1. The maximum absolute atomic E-state index is 12.4. The van der Waals surface area contributed by atoms with Crippen molar-refractivity contribution in [2.24, 2.45) is 5.73 Å². The zero-order chi connectivity index (χ0) is 24.1. The minimum atomic E-state index is -0.743. The Morgan fingerprint density at radius 1 is 1.06 bits per heavy atom. The third kappa shape index (κ3) is 5.13. The zero-order valence-electron chi connectivity index (χ0n) is 17.7. The number of nitrogens with zero attached hydrogens (tertiary/aromatic N) is 1. The highest BCUT2D eigenvalue weighted by Crippen LogP contribution is 2.30. The van der Waals surface area contributed by atoms with Crippen LogP contribution in [0.25, 0.3) is 10.1 Å². The van der Waals surface area contributed by atoms with Crippen molar-refractivity contribution < 1.29 is 29.0 Å². The maximum Gasteiger partial charge on any atom is 0.341 e. The lowest BCUT2D eigenvalue weighted by Crippen LogP contribution is -2.21. The van der Waals surface area contributed by atoms with Crippen LogP contribution in [0.4, 0.5) is 5.69 Å². The average Bonchev–Trinajstić information content (AvgIpc) is 3.25. The molecule has 34 heavy (non-hydrogen) atoms. The molecule has 0 radical (unpaired) electrons. The third-order valence-corrected chi connectivity index (χ3v) is 5.84. The molecule has 9 nitrogen and oxygen atoms in total. The number of hydrogen-bond donors (Lipinski definition) is 3. The number of phenolic OH excluding ortho intramolecular Hbond substituents is 1. The van der Waals surface area contributed by atoms with Gasteiger partial charge in [0.2, 0.25) is 0 Å². The highest BCUT2D eigenvalue weighted by atomic mass is 32.1. The number of benzene rings is 2. The number of rotatable bonds is 8. The Bertz CT molecular complexity index is 1380. The van der Waals surface area contributed by atoms with E-state index < -0.39 is 24.4 Å². The third-order valence-electron chi connectivity index (χ3n) is 4.76. The Morgan fingerprint density at radius 3 is 2.68 bits per heavy atom. The largest absolute Gasteiger partial charge is 0.507 e. The number of amides is 2. The van der Waals surface area contributed by atoms with Crippen LogP contribution in [0.3, 0.4) is 0 Å². The first-order chi connectivity index (χ1) is 16.4. The molecular weight excluding hydrogens is 458 g/mol. The predicted octanol–water partition coefficient (Wildman–Crippen LogP) is 3.48. The van der Waals surface area contributed by atoms with Gasteiger partial charge < -0.3 is 25.6 Å². The number of hydrogen-bond acceptors (Lipinski definition) is 8. The van der Waals surface area contributed by atoms with Crippen LogP contribution in [0.15, 0.2) is 66.3 Å². The van der Waals surface area contributed by atoms with Gasteiger partial charge >= 0.3 is 5.97 Å². The molecule has 2 aromatic heterocycles. The van der Waals surface area contributed by atoms with Crippen LogP contribution in [0.5, 0.6) is 11.5 Å². The number of aromatic hydroxyl groups is 1. The van der Waals surface area contributed by atoms with E-state index in [2.05, 4.69) is 10.3 Å². The summed E-state index contributed by atoms with van der Waals surface area (Å²) in [5, 5.41) is 15.2. The Kier molecular flexibility index (Phi) is 6.69. The first-order valence-corrected chi connectivity index (χ1v) is 10.9. The van der Waals surface area contributed by atoms with E-state index in [0.29, 0.717) is 16.1 Å². The summed E-state index contributed by atoms with van der Waals surface area (Å²) in [7, 11) is 0. The number of nitrogens with one attached hydrogen (secondary N) is 1. The summed E-state index contributed by atoms with van der Waals surface area (Å²) in [6.45, 7) is -0.314. The summed E-state index contributed by atoms with van der Waals surface area (Å²) in [6.07, 6.45) is 3.00. The van der Waals surface area contributed by atoms with Gasteiger partial charge in [-0.2, -0.15) is 0 Å². The van der Waals surface area contributed by atoms with Crippen LogP contribution in [-0.2, 0) is 16.1 Å². The van der Waals surface area contributed by atoms with Crippen molar-refractivity contribution in [2.45, 2.75) is 6.61 Å². The van der Waals surface area contributed by atoms with Gasteiger partial charge in [-0.3, -0.25) is 14.6 Å². The molecule has 172 valence electrons. The van der Waals surface area contributed by atoms with Gasteiger partial charge in [-0.05, 0) is 29.6 Å². The Balaban J connectivity index is 1.46. The van der Waals surface area contributed by atoms with Gasteiger partial charge in [0, 0.05) is 35.1 Å². The van der Waals surface area contributed by atoms with Gasteiger partial charge in [-0.15, -0.1) is 11.3 Å². The molecule has 0 spiro atoms. The average molecular weight is 477 g/mol. The Hall–Kier alpha value is -4.44. The van der Waals surface area contributed by atoms with Crippen molar-refractivity contribution in [3.63, 3.8) is 0 Å². The minimum Gasteiger partial charge on any atom is -0.507 e. The van der Waals surface area contributed by atoms with E-state index in [1.54, 1.807) is 42.6 Å². The molecule has 4 rings (SSSR count). The number of carbonyl (C=O) groups excluding carboxylic acids is 3. The van der Waals surface area contributed by atoms with Crippen molar-refractivity contribution in [1.29, 1.82) is 0 Å². The molecule has 0 unspecified atom stereocenters. The highest BCUT2D eigenvalue weighted by molar-refractivity contribution is 7.17. The van der Waals surface area contributed by atoms with Crippen molar-refractivity contribution in [1.82, 2.24) is 4.98 Å². The molecule has 10 heteroatoms. The van der Waals surface area contributed by atoms with Crippen molar-refractivity contribution in [3.8, 4) is 11.5 Å². The summed E-state index contributed by atoms with van der Waals surface area (Å²) in [4.78, 5) is 39.7. The van der Waals surface area contributed by atoms with E-state index in [1.165, 1.54) is 29.7 Å². The molecule has 0 aliphatic carbocycles. The molecular formula is C24H19N3O6S. The number of esters is 1. The van der Waals surface area contributed by atoms with E-state index >= 15 is 0 Å². The topological polar surface area (TPSA) is 141 Å². The molecule has 0 saturated carbocycles. The fourth-order valence-corrected chi connectivity index (χ4v) is 4.19. The molecule has 0 fully saturated rings. The van der Waals surface area contributed by atoms with Crippen LogP contribution in [0.1, 0.15) is 26.3 Å². The minimum absolute atomic E-state index is 0.108. The van der Waals surface area contributed by atoms with Crippen molar-refractivity contribution in [3.05, 3.63) is 83.0 Å². The van der Waals surface area contributed by atoms with E-state index in [4.69, 9.17) is 15.2 Å². The van der Waals surface area contributed by atoms with Gasteiger partial charge in [0.1, 0.15) is 18.1 Å². The second kappa shape index (κ2) is 10.0. The molecule has 2 heterocycles. The molecule has 0 atom stereocenters. The van der Waals surface area contributed by atoms with Crippen LogP contribution in [0, 0.1) is 0 Å². The molecule has 4 N–H and O–H groups in total. The number of anilines is 1. The highest BCUT2D eigenvalue weighted by Gasteiger charge is 2.17. The molecule has 0 saturated heterocycles. The lowest BCUT2D eigenvalue weighted by Gasteiger charge is -2.10. The Labute approximate surface area is 197 Å². The van der Waals surface area contributed by atoms with Crippen molar-refractivity contribution in [2.75, 3.05) is 11.9 Å². The van der Waals surface area contributed by atoms with Gasteiger partial charge in [0.05, 0.1) is 15.8 Å². The number of phenols is 1. The standard InChI is InChI=1S/C24H19N3O6S/c25-21(29)12-33-24(31)19-10-26-9-18-14(13-34-22(18)19)11-32-16-5-3-4-15(8-16)27-23(30)17-6-1-2-7-20(17)28/h1-10,13,28H,11-12H2,(H2,25,29)(H,27,30). The summed E-state index contributed by atoms with van der Waals surface area (Å²) in [5.41, 5.74) is 6.73. The fraction of sp³-hybridized carbons (Fsp3) is 0.0833. The van der Waals surface area contributed by atoms with Gasteiger partial charge in [-0.1, -0.05) is 18.2 Å². The zero-order valence-corrected chi connectivity index (χ0v) is 18.5. The number of aromatic nitrogens is 1. The maximum atomic E-state index is 12.4. The van der Waals surface area contributed by atoms with E-state index in [-0.39, 0.29) is 23.5 Å². The quantitative estimate of drug-likeness (QED) is 0.330. The number of fused-ring (bicyclic) bond motifs is 1. The molecule has 4 aromatic rings. The molecule has 0 aliphatic heterocycles. The smallest absolute Gasteiger partial charge is 0.341 e. The lowest BCUT2D eigenvalue weighted by molar-refractivity contribution is -0.121. The van der Waals surface area contributed by atoms with Gasteiger partial charge in [0.15, 0.2) is 6.61 Å². The number of primary amides is 1. The SMILES string of the molecule is NC(=O)COC(=O)c1cncc2c(COc3cccc(NC(=O)c4ccccc4O)c3)csc12. The lowest BCUT2D eigenvalue weighted by atomic mass is 10.2.